The highest BCUT2D eigenvalue weighted by Gasteiger charge is 2.25. The molecule has 3 aromatic carbocycles. The summed E-state index contributed by atoms with van der Waals surface area (Å²) in [6.07, 6.45) is 3.83. The predicted molar refractivity (Wildman–Crippen MR) is 208 cm³/mol. The van der Waals surface area contributed by atoms with E-state index in [-0.39, 0.29) is 5.78 Å². The van der Waals surface area contributed by atoms with E-state index in [9.17, 15) is 4.79 Å². The number of nitrogens with zero attached hydrogens (tertiary/aromatic N) is 2. The molecule has 8 nitrogen and oxygen atoms in total. The van der Waals surface area contributed by atoms with Crippen LogP contribution in [-0.2, 0) is 27.2 Å². The van der Waals surface area contributed by atoms with Crippen molar-refractivity contribution in [1.29, 1.82) is 0 Å². The van der Waals surface area contributed by atoms with Gasteiger partial charge in [-0.2, -0.15) is 0 Å². The Kier molecular flexibility index (Phi) is 15.1. The molecule has 1 aromatic heterocycles. The van der Waals surface area contributed by atoms with Crippen LogP contribution in [0.5, 0.6) is 11.6 Å². The van der Waals surface area contributed by atoms with Gasteiger partial charge in [-0.1, -0.05) is 49.4 Å². The van der Waals surface area contributed by atoms with E-state index in [4.69, 9.17) is 28.7 Å². The Morgan fingerprint density at radius 1 is 0.827 bits per heavy atom. The first-order valence-electron chi connectivity index (χ1n) is 18.9. The maximum Gasteiger partial charge on any atom is 0.217 e. The highest BCUT2D eigenvalue weighted by atomic mass is 16.5. The number of hydrogen-bond acceptors (Lipinski definition) is 8. The van der Waals surface area contributed by atoms with E-state index in [1.165, 1.54) is 0 Å². The molecule has 5 rings (SSSR count). The summed E-state index contributed by atoms with van der Waals surface area (Å²) in [7, 11) is 0. The van der Waals surface area contributed by atoms with E-state index in [1.54, 1.807) is 0 Å². The predicted octanol–water partition coefficient (Wildman–Crippen LogP) is 8.90. The summed E-state index contributed by atoms with van der Waals surface area (Å²) in [5.74, 6) is 1.49. The van der Waals surface area contributed by atoms with E-state index >= 15 is 0 Å². The largest absolute Gasteiger partial charge is 0.491 e. The Bertz CT molecular complexity index is 1700. The summed E-state index contributed by atoms with van der Waals surface area (Å²) in [5, 5.41) is 0. The molecule has 0 aliphatic carbocycles. The second-order valence-corrected chi connectivity index (χ2v) is 13.5. The number of aromatic nitrogens is 1. The van der Waals surface area contributed by atoms with Gasteiger partial charge in [0.15, 0.2) is 5.78 Å². The fourth-order valence-electron chi connectivity index (χ4n) is 6.86. The lowest BCUT2D eigenvalue weighted by Crippen LogP contribution is -2.40. The number of anilines is 1. The van der Waals surface area contributed by atoms with Crippen molar-refractivity contribution in [2.75, 3.05) is 57.7 Å². The van der Waals surface area contributed by atoms with Crippen molar-refractivity contribution in [1.82, 2.24) is 4.98 Å². The van der Waals surface area contributed by atoms with Crippen LogP contribution in [0.1, 0.15) is 77.8 Å². The van der Waals surface area contributed by atoms with E-state index in [1.807, 2.05) is 49.4 Å². The Hall–Kier alpha value is -4.24. The number of Topliss-reactive ketones (excluding diaryl/α,β-unsaturated/α-hetero) is 1. The number of ether oxygens (including phenoxy) is 5. The van der Waals surface area contributed by atoms with Gasteiger partial charge >= 0.3 is 0 Å². The summed E-state index contributed by atoms with van der Waals surface area (Å²) >= 11 is 0. The third-order valence-electron chi connectivity index (χ3n) is 9.62. The minimum absolute atomic E-state index is 0.109. The number of carbonyl (C=O) groups is 1. The minimum atomic E-state index is 0.109. The fourth-order valence-corrected chi connectivity index (χ4v) is 6.86. The normalized spacial score (nSPS) is 13.2. The Morgan fingerprint density at radius 2 is 1.54 bits per heavy atom. The van der Waals surface area contributed by atoms with Crippen LogP contribution in [0.15, 0.2) is 72.8 Å². The molecule has 0 saturated carbocycles. The smallest absolute Gasteiger partial charge is 0.217 e. The lowest BCUT2D eigenvalue weighted by molar-refractivity contribution is 0.0366. The molecular formula is C44H56N2O6. The third kappa shape index (κ3) is 10.9. The van der Waals surface area contributed by atoms with Crippen LogP contribution in [0.4, 0.5) is 5.69 Å². The van der Waals surface area contributed by atoms with Gasteiger partial charge in [-0.3, -0.25) is 4.79 Å². The van der Waals surface area contributed by atoms with Gasteiger partial charge in [0.2, 0.25) is 5.88 Å². The zero-order valence-electron chi connectivity index (χ0n) is 31.7. The van der Waals surface area contributed by atoms with E-state index in [0.717, 1.165) is 102 Å². The van der Waals surface area contributed by atoms with Crippen LogP contribution in [0.3, 0.4) is 0 Å². The number of benzene rings is 3. The maximum atomic E-state index is 14.3. The van der Waals surface area contributed by atoms with E-state index in [0.29, 0.717) is 57.8 Å². The zero-order valence-corrected chi connectivity index (χ0v) is 31.7. The summed E-state index contributed by atoms with van der Waals surface area (Å²) in [5.41, 5.74) is 8.96. The molecule has 4 aromatic rings. The average Bonchev–Trinajstić information content (AvgIpc) is 3.16. The van der Waals surface area contributed by atoms with Crippen molar-refractivity contribution in [3.05, 3.63) is 106 Å². The monoisotopic (exact) mass is 708 g/mol. The van der Waals surface area contributed by atoms with Crippen LogP contribution >= 0.6 is 0 Å². The molecule has 1 fully saturated rings. The summed E-state index contributed by atoms with van der Waals surface area (Å²) < 4.78 is 29.0. The fraction of sp³-hybridized carbons (Fsp3) is 0.455. The first-order valence-corrected chi connectivity index (χ1v) is 18.9. The van der Waals surface area contributed by atoms with Crippen LogP contribution in [0.25, 0.3) is 11.1 Å². The minimum Gasteiger partial charge on any atom is -0.491 e. The number of carbonyl (C=O) groups excluding carboxylic acids is 1. The molecule has 0 spiro atoms. The van der Waals surface area contributed by atoms with Gasteiger partial charge in [0.05, 0.1) is 19.8 Å². The van der Waals surface area contributed by atoms with Gasteiger partial charge < -0.3 is 28.6 Å². The quantitative estimate of drug-likeness (QED) is 0.0666. The van der Waals surface area contributed by atoms with Crippen molar-refractivity contribution in [3.63, 3.8) is 0 Å². The van der Waals surface area contributed by atoms with Crippen molar-refractivity contribution in [3.8, 4) is 22.8 Å². The van der Waals surface area contributed by atoms with Crippen LogP contribution in [-0.4, -0.2) is 69.6 Å². The molecular weight excluding hydrogens is 652 g/mol. The van der Waals surface area contributed by atoms with Gasteiger partial charge in [-0.15, -0.1) is 0 Å². The molecule has 0 bridgehead atoms. The number of aryl methyl sites for hydroxylation is 2. The Morgan fingerprint density at radius 3 is 2.25 bits per heavy atom. The molecule has 0 radical (unpaired) electrons. The number of ketones is 1. The lowest BCUT2D eigenvalue weighted by atomic mass is 9.91. The summed E-state index contributed by atoms with van der Waals surface area (Å²) in [6.45, 7) is 16.1. The zero-order chi connectivity index (χ0) is 36.7. The molecule has 52 heavy (non-hydrogen) atoms. The molecule has 0 unspecified atom stereocenters. The molecule has 8 heteroatoms. The standard InChI is InChI=1S/C44H56N2O6/c1-6-21-48-24-25-50-26-27-51-39-15-13-36(14-16-39)37-29-41(34(5)42(30-37)46(7-2)38-19-22-49-23-20-38)43(47)18-17-40-32(3)28-33(4)45-44(40)52-31-35-11-9-8-10-12-35/h8-16,28-30,38H,6-7,17-27,31H2,1-5H3. The maximum absolute atomic E-state index is 14.3. The molecule has 0 atom stereocenters. The topological polar surface area (TPSA) is 79.4 Å². The van der Waals surface area contributed by atoms with Crippen molar-refractivity contribution in [2.45, 2.75) is 79.4 Å². The molecule has 1 saturated heterocycles. The van der Waals surface area contributed by atoms with Crippen LogP contribution < -0.4 is 14.4 Å². The summed E-state index contributed by atoms with van der Waals surface area (Å²) in [6, 6.07) is 24.9. The average molecular weight is 709 g/mol. The van der Waals surface area contributed by atoms with Crippen LogP contribution in [0, 0.1) is 20.8 Å². The van der Waals surface area contributed by atoms with E-state index in [2.05, 4.69) is 62.9 Å². The second-order valence-electron chi connectivity index (χ2n) is 13.5. The van der Waals surface area contributed by atoms with Gasteiger partial charge in [0.1, 0.15) is 19.0 Å². The lowest BCUT2D eigenvalue weighted by Gasteiger charge is -2.37. The second kappa shape index (κ2) is 20.1. The SMILES string of the molecule is CCCOCCOCCOc1ccc(-c2cc(C(=O)CCc3c(C)cc(C)nc3OCc3ccccc3)c(C)c(N(CC)C3CCOCC3)c2)cc1. The molecule has 0 N–H and O–H groups in total. The highest BCUT2D eigenvalue weighted by molar-refractivity contribution is 6.00. The van der Waals surface area contributed by atoms with Crippen molar-refractivity contribution >= 4 is 11.5 Å². The molecule has 278 valence electrons. The number of pyridine rings is 1. The summed E-state index contributed by atoms with van der Waals surface area (Å²) in [4.78, 5) is 21.5. The number of hydrogen-bond donors (Lipinski definition) is 0. The molecule has 2 heterocycles. The molecule has 1 aliphatic heterocycles. The van der Waals surface area contributed by atoms with Crippen LogP contribution in [0.2, 0.25) is 0 Å². The molecule has 1 aliphatic rings. The van der Waals surface area contributed by atoms with Gasteiger partial charge in [0.25, 0.3) is 0 Å². The van der Waals surface area contributed by atoms with Gasteiger partial charge in [-0.05, 0) is 112 Å². The first kappa shape index (κ1) is 39.0. The highest BCUT2D eigenvalue weighted by Crippen LogP contribution is 2.35. The van der Waals surface area contributed by atoms with Crippen molar-refractivity contribution in [2.24, 2.45) is 0 Å². The Labute approximate surface area is 310 Å². The van der Waals surface area contributed by atoms with Crippen molar-refractivity contribution < 1.29 is 28.5 Å². The first-order chi connectivity index (χ1) is 25.4. The van der Waals surface area contributed by atoms with Gasteiger partial charge in [-0.25, -0.2) is 4.98 Å². The Balaban J connectivity index is 1.35. The van der Waals surface area contributed by atoms with Gasteiger partial charge in [0, 0.05) is 61.3 Å². The number of rotatable bonds is 20. The molecule has 0 amide bonds. The van der Waals surface area contributed by atoms with E-state index < -0.39 is 0 Å². The third-order valence-corrected chi connectivity index (χ3v) is 9.62.